The molecule has 4 atom stereocenters. The Morgan fingerprint density at radius 2 is 1.62 bits per heavy atom. The van der Waals surface area contributed by atoms with E-state index in [4.69, 9.17) is 0 Å². The number of carbonyl (C=O) groups is 3. The van der Waals surface area contributed by atoms with Crippen LogP contribution in [0.3, 0.4) is 0 Å². The zero-order valence-corrected chi connectivity index (χ0v) is 22.4. The standard InChI is InChI=1S/C33H26N2O3S/c1-19-13-15-21(16-14-19)30(36)28-29(31(37)26-12-7-17-39-26)35-25-11-6-3-8-22(25)20(2)18-27(35)33(28)23-9-4-5-10-24(23)34-32(33)38/h3-18,27-29H,1-2H3,(H,34,38)/t27-,28+,29-,33-/m0/s1. The third-order valence-electron chi connectivity index (χ3n) is 8.53. The van der Waals surface area contributed by atoms with Crippen molar-refractivity contribution in [3.8, 4) is 0 Å². The smallest absolute Gasteiger partial charge is 0.238 e. The lowest BCUT2D eigenvalue weighted by atomic mass is 9.64. The van der Waals surface area contributed by atoms with Gasteiger partial charge in [0.2, 0.25) is 5.91 Å². The molecule has 0 saturated carbocycles. The maximum Gasteiger partial charge on any atom is 0.238 e. The van der Waals surface area contributed by atoms with Crippen LogP contribution in [0.2, 0.25) is 0 Å². The van der Waals surface area contributed by atoms with Gasteiger partial charge in [-0.3, -0.25) is 14.4 Å². The molecule has 1 fully saturated rings. The molecule has 5 nitrogen and oxygen atoms in total. The van der Waals surface area contributed by atoms with Crippen LogP contribution in [0.25, 0.3) is 5.57 Å². The van der Waals surface area contributed by atoms with E-state index in [9.17, 15) is 14.4 Å². The number of anilines is 2. The van der Waals surface area contributed by atoms with Gasteiger partial charge in [-0.25, -0.2) is 0 Å². The van der Waals surface area contributed by atoms with Crippen LogP contribution in [0.1, 0.15) is 43.6 Å². The number of ketones is 2. The summed E-state index contributed by atoms with van der Waals surface area (Å²) in [6.45, 7) is 4.01. The summed E-state index contributed by atoms with van der Waals surface area (Å²) in [4.78, 5) is 46.2. The number of fused-ring (bicyclic) bond motifs is 6. The van der Waals surface area contributed by atoms with E-state index in [1.165, 1.54) is 11.3 Å². The van der Waals surface area contributed by atoms with Gasteiger partial charge < -0.3 is 10.2 Å². The SMILES string of the molecule is CC1=C[C@@H]2N(c3ccccc31)[C@H](C(=O)c1cccs1)[C@H](C(=O)c1ccc(C)cc1)[C@@]21C(=O)Nc2ccccc21. The van der Waals surface area contributed by atoms with E-state index in [2.05, 4.69) is 16.3 Å². The summed E-state index contributed by atoms with van der Waals surface area (Å²) in [5, 5.41) is 4.96. The highest BCUT2D eigenvalue weighted by atomic mass is 32.1. The Morgan fingerprint density at radius 3 is 2.38 bits per heavy atom. The van der Waals surface area contributed by atoms with Gasteiger partial charge in [0.1, 0.15) is 11.5 Å². The summed E-state index contributed by atoms with van der Waals surface area (Å²) in [6.07, 6.45) is 2.08. The maximum absolute atomic E-state index is 14.7. The summed E-state index contributed by atoms with van der Waals surface area (Å²) in [6, 6.07) is 25.2. The van der Waals surface area contributed by atoms with Crippen molar-refractivity contribution < 1.29 is 14.4 Å². The number of Topliss-reactive ketones (excluding diaryl/α,β-unsaturated/α-hetero) is 2. The van der Waals surface area contributed by atoms with Gasteiger partial charge in [0, 0.05) is 22.5 Å². The molecule has 1 amide bonds. The van der Waals surface area contributed by atoms with Crippen molar-refractivity contribution in [1.29, 1.82) is 0 Å². The van der Waals surface area contributed by atoms with Gasteiger partial charge in [-0.15, -0.1) is 11.3 Å². The molecule has 0 radical (unpaired) electrons. The van der Waals surface area contributed by atoms with Crippen LogP contribution in [-0.4, -0.2) is 29.6 Å². The molecule has 6 heteroatoms. The van der Waals surface area contributed by atoms with E-state index in [-0.39, 0.29) is 17.5 Å². The summed E-state index contributed by atoms with van der Waals surface area (Å²) in [5.74, 6) is -1.53. The second-order valence-electron chi connectivity index (χ2n) is 10.6. The van der Waals surface area contributed by atoms with Crippen LogP contribution >= 0.6 is 11.3 Å². The first-order chi connectivity index (χ1) is 18.9. The van der Waals surface area contributed by atoms with Crippen LogP contribution in [0.4, 0.5) is 11.4 Å². The summed E-state index contributed by atoms with van der Waals surface area (Å²) >= 11 is 1.36. The summed E-state index contributed by atoms with van der Waals surface area (Å²) < 4.78 is 0. The van der Waals surface area contributed by atoms with Gasteiger partial charge in [-0.1, -0.05) is 78.4 Å². The van der Waals surface area contributed by atoms with E-state index in [0.29, 0.717) is 16.1 Å². The molecule has 0 unspecified atom stereocenters. The van der Waals surface area contributed by atoms with Gasteiger partial charge in [0.15, 0.2) is 11.6 Å². The number of nitrogens with zero attached hydrogens (tertiary/aromatic N) is 1. The number of hydrogen-bond acceptors (Lipinski definition) is 5. The molecule has 4 heterocycles. The van der Waals surface area contributed by atoms with Gasteiger partial charge in [0.05, 0.1) is 16.8 Å². The maximum atomic E-state index is 14.7. The Balaban J connectivity index is 1.56. The summed E-state index contributed by atoms with van der Waals surface area (Å²) in [7, 11) is 0. The van der Waals surface area contributed by atoms with E-state index >= 15 is 0 Å². The third kappa shape index (κ3) is 3.21. The monoisotopic (exact) mass is 530 g/mol. The highest BCUT2D eigenvalue weighted by molar-refractivity contribution is 7.12. The molecule has 1 aromatic heterocycles. The highest BCUT2D eigenvalue weighted by Gasteiger charge is 2.70. The predicted octanol–water partition coefficient (Wildman–Crippen LogP) is 6.30. The average molecular weight is 531 g/mol. The largest absolute Gasteiger partial charge is 0.352 e. The minimum atomic E-state index is -1.29. The minimum absolute atomic E-state index is 0.141. The fourth-order valence-corrected chi connectivity index (χ4v) is 7.55. The molecule has 1 spiro atoms. The molecule has 1 N–H and O–H groups in total. The first kappa shape index (κ1) is 23.8. The normalized spacial score (nSPS) is 24.6. The van der Waals surface area contributed by atoms with Gasteiger partial charge in [-0.2, -0.15) is 0 Å². The van der Waals surface area contributed by atoms with Crippen molar-refractivity contribution in [2.45, 2.75) is 31.3 Å². The zero-order valence-electron chi connectivity index (χ0n) is 21.5. The van der Waals surface area contributed by atoms with E-state index in [1.807, 2.05) is 98.1 Å². The molecule has 39 heavy (non-hydrogen) atoms. The first-order valence-electron chi connectivity index (χ1n) is 13.1. The van der Waals surface area contributed by atoms with Gasteiger partial charge in [0.25, 0.3) is 0 Å². The fourth-order valence-electron chi connectivity index (χ4n) is 6.85. The highest BCUT2D eigenvalue weighted by Crippen LogP contribution is 2.58. The molecule has 0 bridgehead atoms. The van der Waals surface area contributed by atoms with Crippen molar-refractivity contribution in [2.24, 2.45) is 5.92 Å². The van der Waals surface area contributed by atoms with Crippen LogP contribution in [-0.2, 0) is 10.2 Å². The Morgan fingerprint density at radius 1 is 0.872 bits per heavy atom. The number of benzene rings is 3. The van der Waals surface area contributed by atoms with Crippen LogP contribution in [0, 0.1) is 12.8 Å². The molecule has 1 saturated heterocycles. The number of rotatable bonds is 4. The molecule has 3 aliphatic heterocycles. The first-order valence-corrected chi connectivity index (χ1v) is 14.0. The van der Waals surface area contributed by atoms with Crippen molar-refractivity contribution in [3.05, 3.63) is 124 Å². The van der Waals surface area contributed by atoms with E-state index < -0.39 is 23.4 Å². The Labute approximate surface area is 230 Å². The fraction of sp³-hybridized carbons (Fsp3) is 0.182. The third-order valence-corrected chi connectivity index (χ3v) is 9.42. The molecule has 192 valence electrons. The molecule has 7 rings (SSSR count). The van der Waals surface area contributed by atoms with E-state index in [1.54, 1.807) is 6.07 Å². The Kier molecular flexibility index (Phi) is 5.26. The predicted molar refractivity (Wildman–Crippen MR) is 155 cm³/mol. The van der Waals surface area contributed by atoms with Crippen LogP contribution in [0.5, 0.6) is 0 Å². The topological polar surface area (TPSA) is 66.5 Å². The molecular formula is C33H26N2O3S. The quantitative estimate of drug-likeness (QED) is 0.314. The van der Waals surface area contributed by atoms with Crippen molar-refractivity contribution in [1.82, 2.24) is 0 Å². The van der Waals surface area contributed by atoms with Gasteiger partial charge in [-0.05, 0) is 48.6 Å². The second-order valence-corrected chi connectivity index (χ2v) is 11.5. The number of allylic oxidation sites excluding steroid dienone is 1. The lowest BCUT2D eigenvalue weighted by molar-refractivity contribution is -0.121. The van der Waals surface area contributed by atoms with Crippen LogP contribution in [0.15, 0.2) is 96.4 Å². The molecule has 3 aliphatic rings. The Bertz CT molecular complexity index is 1690. The van der Waals surface area contributed by atoms with E-state index in [0.717, 1.165) is 28.0 Å². The Hall–Kier alpha value is -4.29. The van der Waals surface area contributed by atoms with Crippen LogP contribution < -0.4 is 10.2 Å². The molecular weight excluding hydrogens is 504 g/mol. The minimum Gasteiger partial charge on any atom is -0.352 e. The number of carbonyl (C=O) groups excluding carboxylic acids is 3. The molecule has 0 aliphatic carbocycles. The number of aryl methyl sites for hydroxylation is 1. The number of amides is 1. The number of thiophene rings is 1. The zero-order chi connectivity index (χ0) is 26.9. The lowest BCUT2D eigenvalue weighted by Crippen LogP contribution is -2.51. The number of hydrogen-bond donors (Lipinski definition) is 1. The van der Waals surface area contributed by atoms with Crippen molar-refractivity contribution >= 4 is 45.8 Å². The number of nitrogens with one attached hydrogen (secondary N) is 1. The average Bonchev–Trinajstić information content (AvgIpc) is 3.66. The van der Waals surface area contributed by atoms with Crippen molar-refractivity contribution in [2.75, 3.05) is 10.2 Å². The van der Waals surface area contributed by atoms with Crippen molar-refractivity contribution in [3.63, 3.8) is 0 Å². The second kappa shape index (κ2) is 8.61. The lowest BCUT2D eigenvalue weighted by Gasteiger charge is -2.39. The number of para-hydroxylation sites is 2. The van der Waals surface area contributed by atoms with Gasteiger partial charge >= 0.3 is 0 Å². The molecule has 3 aromatic carbocycles. The molecule has 4 aromatic rings. The summed E-state index contributed by atoms with van der Waals surface area (Å²) in [5.41, 5.74) is 4.60.